The number of thioether (sulfide) groups is 1. The second-order valence-electron chi connectivity index (χ2n) is 2.74. The molecule has 0 aromatic heterocycles. The van der Waals surface area contributed by atoms with E-state index in [1.807, 2.05) is 6.92 Å². The van der Waals surface area contributed by atoms with Gasteiger partial charge in [-0.25, -0.2) is 0 Å². The molecule has 0 heterocycles. The molecule has 0 bridgehead atoms. The number of nitrogens with zero attached hydrogens (tertiary/aromatic N) is 1. The Morgan fingerprint density at radius 2 is 2.20 bits per heavy atom. The number of oxime groups is 1. The van der Waals surface area contributed by atoms with Gasteiger partial charge < -0.3 is 5.21 Å². The molecule has 60 valence electrons. The van der Waals surface area contributed by atoms with Crippen molar-refractivity contribution >= 4 is 17.5 Å². The van der Waals surface area contributed by atoms with E-state index in [1.54, 1.807) is 11.8 Å². The number of rotatable bonds is 4. The zero-order chi connectivity index (χ0) is 7.98. The van der Waals surface area contributed by atoms with Gasteiger partial charge in [0, 0.05) is 5.75 Å². The summed E-state index contributed by atoms with van der Waals surface area (Å²) in [4.78, 5) is 0. The lowest BCUT2D eigenvalue weighted by Crippen LogP contribution is -1.99. The van der Waals surface area contributed by atoms with Gasteiger partial charge in [-0.2, -0.15) is 11.8 Å². The maximum absolute atomic E-state index is 8.27. The molecule has 0 aliphatic heterocycles. The lowest BCUT2D eigenvalue weighted by atomic mass is 10.3. The van der Waals surface area contributed by atoms with Crippen LogP contribution < -0.4 is 0 Å². The third-order valence-corrected chi connectivity index (χ3v) is 2.46. The molecule has 0 atom stereocenters. The minimum Gasteiger partial charge on any atom is -0.411 e. The normalized spacial score (nSPS) is 12.6. The van der Waals surface area contributed by atoms with Crippen LogP contribution in [0.3, 0.4) is 0 Å². The maximum atomic E-state index is 8.27. The van der Waals surface area contributed by atoms with Gasteiger partial charge in [-0.05, 0) is 18.6 Å². The standard InChI is InChI=1S/C7H15NOS/c1-6(2)4-10-5-7(3)8-9/h6,9H,4-5H2,1-3H3/b8-7+. The van der Waals surface area contributed by atoms with Crippen LogP contribution in [0.15, 0.2) is 5.16 Å². The van der Waals surface area contributed by atoms with Crippen molar-refractivity contribution in [3.05, 3.63) is 0 Å². The van der Waals surface area contributed by atoms with Gasteiger partial charge in [-0.1, -0.05) is 19.0 Å². The fourth-order valence-corrected chi connectivity index (χ4v) is 1.41. The summed E-state index contributed by atoms with van der Waals surface area (Å²) >= 11 is 1.80. The summed E-state index contributed by atoms with van der Waals surface area (Å²) in [6, 6.07) is 0. The zero-order valence-corrected chi connectivity index (χ0v) is 7.61. The van der Waals surface area contributed by atoms with Crippen LogP contribution >= 0.6 is 11.8 Å². The number of hydrogen-bond donors (Lipinski definition) is 1. The fraction of sp³-hybridized carbons (Fsp3) is 0.857. The van der Waals surface area contributed by atoms with Crippen molar-refractivity contribution in [1.29, 1.82) is 0 Å². The van der Waals surface area contributed by atoms with Crippen LogP contribution in [0.5, 0.6) is 0 Å². The van der Waals surface area contributed by atoms with Crippen LogP contribution in [-0.4, -0.2) is 22.4 Å². The Balaban J connectivity index is 3.20. The molecular weight excluding hydrogens is 146 g/mol. The van der Waals surface area contributed by atoms with E-state index in [4.69, 9.17) is 5.21 Å². The first-order valence-electron chi connectivity index (χ1n) is 3.42. The average Bonchev–Trinajstić information content (AvgIpc) is 1.87. The fourth-order valence-electron chi connectivity index (χ4n) is 0.471. The highest BCUT2D eigenvalue weighted by molar-refractivity contribution is 7.99. The molecule has 0 aliphatic rings. The van der Waals surface area contributed by atoms with Crippen LogP contribution in [0.25, 0.3) is 0 Å². The highest BCUT2D eigenvalue weighted by Crippen LogP contribution is 2.07. The van der Waals surface area contributed by atoms with Crippen molar-refractivity contribution in [2.75, 3.05) is 11.5 Å². The monoisotopic (exact) mass is 161 g/mol. The van der Waals surface area contributed by atoms with Gasteiger partial charge in [0.15, 0.2) is 0 Å². The maximum Gasteiger partial charge on any atom is 0.0638 e. The first-order chi connectivity index (χ1) is 4.66. The molecule has 2 nitrogen and oxygen atoms in total. The second kappa shape index (κ2) is 5.59. The van der Waals surface area contributed by atoms with Crippen LogP contribution in [-0.2, 0) is 0 Å². The molecule has 0 saturated carbocycles. The van der Waals surface area contributed by atoms with Crippen LogP contribution in [0.1, 0.15) is 20.8 Å². The summed E-state index contributed by atoms with van der Waals surface area (Å²) in [6.45, 7) is 6.18. The molecule has 0 fully saturated rings. The zero-order valence-electron chi connectivity index (χ0n) is 6.79. The summed E-state index contributed by atoms with van der Waals surface area (Å²) in [5.41, 5.74) is 0.797. The molecule has 0 aromatic carbocycles. The van der Waals surface area contributed by atoms with E-state index in [0.717, 1.165) is 23.1 Å². The quantitative estimate of drug-likeness (QED) is 0.389. The van der Waals surface area contributed by atoms with E-state index < -0.39 is 0 Å². The Morgan fingerprint density at radius 3 is 2.60 bits per heavy atom. The lowest BCUT2D eigenvalue weighted by Gasteiger charge is -2.02. The summed E-state index contributed by atoms with van der Waals surface area (Å²) in [6.07, 6.45) is 0. The van der Waals surface area contributed by atoms with E-state index in [2.05, 4.69) is 19.0 Å². The van der Waals surface area contributed by atoms with E-state index in [9.17, 15) is 0 Å². The van der Waals surface area contributed by atoms with Gasteiger partial charge in [-0.3, -0.25) is 0 Å². The van der Waals surface area contributed by atoms with Gasteiger partial charge in [0.05, 0.1) is 5.71 Å². The molecule has 0 rings (SSSR count). The van der Waals surface area contributed by atoms with Crippen LogP contribution in [0.4, 0.5) is 0 Å². The highest BCUT2D eigenvalue weighted by atomic mass is 32.2. The molecule has 0 aliphatic carbocycles. The van der Waals surface area contributed by atoms with Crippen LogP contribution in [0, 0.1) is 5.92 Å². The minimum absolute atomic E-state index is 0.719. The minimum atomic E-state index is 0.719. The predicted molar refractivity (Wildman–Crippen MR) is 47.1 cm³/mol. The van der Waals surface area contributed by atoms with E-state index >= 15 is 0 Å². The second-order valence-corrected chi connectivity index (χ2v) is 3.77. The summed E-state index contributed by atoms with van der Waals surface area (Å²) in [7, 11) is 0. The van der Waals surface area contributed by atoms with Crippen molar-refractivity contribution in [3.8, 4) is 0 Å². The van der Waals surface area contributed by atoms with Crippen molar-refractivity contribution in [1.82, 2.24) is 0 Å². The highest BCUT2D eigenvalue weighted by Gasteiger charge is 1.95. The molecule has 3 heteroatoms. The average molecular weight is 161 g/mol. The Kier molecular flexibility index (Phi) is 5.49. The Hall–Kier alpha value is -0.180. The topological polar surface area (TPSA) is 32.6 Å². The van der Waals surface area contributed by atoms with Crippen LogP contribution in [0.2, 0.25) is 0 Å². The predicted octanol–water partition coefficient (Wildman–Crippen LogP) is 2.23. The molecule has 0 spiro atoms. The van der Waals surface area contributed by atoms with E-state index in [1.165, 1.54) is 0 Å². The molecule has 10 heavy (non-hydrogen) atoms. The van der Waals surface area contributed by atoms with Gasteiger partial charge in [-0.15, -0.1) is 0 Å². The largest absolute Gasteiger partial charge is 0.411 e. The van der Waals surface area contributed by atoms with Gasteiger partial charge in [0.25, 0.3) is 0 Å². The smallest absolute Gasteiger partial charge is 0.0638 e. The van der Waals surface area contributed by atoms with E-state index in [0.29, 0.717) is 0 Å². The van der Waals surface area contributed by atoms with E-state index in [-0.39, 0.29) is 0 Å². The third-order valence-electron chi connectivity index (χ3n) is 0.933. The molecule has 0 aromatic rings. The molecule has 0 unspecified atom stereocenters. The first-order valence-corrected chi connectivity index (χ1v) is 4.57. The molecule has 1 N–H and O–H groups in total. The van der Waals surface area contributed by atoms with Gasteiger partial charge in [0.1, 0.15) is 0 Å². The van der Waals surface area contributed by atoms with Crippen molar-refractivity contribution in [2.24, 2.45) is 11.1 Å². The third kappa shape index (κ3) is 5.95. The first kappa shape index (κ1) is 9.82. The summed E-state index contributed by atoms with van der Waals surface area (Å²) < 4.78 is 0. The summed E-state index contributed by atoms with van der Waals surface area (Å²) in [5.74, 6) is 2.69. The molecule has 0 saturated heterocycles. The molecule has 0 radical (unpaired) electrons. The van der Waals surface area contributed by atoms with Crippen molar-refractivity contribution in [2.45, 2.75) is 20.8 Å². The Bertz CT molecular complexity index is 112. The SMILES string of the molecule is C/C(CSCC(C)C)=N\O. The molecular formula is C7H15NOS. The van der Waals surface area contributed by atoms with Gasteiger partial charge in [0.2, 0.25) is 0 Å². The summed E-state index contributed by atoms with van der Waals surface area (Å²) in [5, 5.41) is 11.4. The number of hydrogen-bond acceptors (Lipinski definition) is 3. The lowest BCUT2D eigenvalue weighted by molar-refractivity contribution is 0.318. The van der Waals surface area contributed by atoms with Crippen molar-refractivity contribution in [3.63, 3.8) is 0 Å². The molecule has 0 amide bonds. The Labute approximate surface area is 66.7 Å². The van der Waals surface area contributed by atoms with Gasteiger partial charge >= 0.3 is 0 Å². The van der Waals surface area contributed by atoms with Crippen molar-refractivity contribution < 1.29 is 5.21 Å². The Morgan fingerprint density at radius 1 is 1.60 bits per heavy atom.